The molecule has 6 heteroatoms. The number of thiophene rings is 2. The molecule has 4 aromatic heterocycles. The van der Waals surface area contributed by atoms with Crippen LogP contribution < -0.4 is 0 Å². The first-order valence-electron chi connectivity index (χ1n) is 19.3. The highest BCUT2D eigenvalue weighted by Gasteiger charge is 2.20. The molecule has 0 fully saturated rings. The number of hydrogen-bond donors (Lipinski definition) is 0. The number of para-hydroxylation sites is 1. The Kier molecular flexibility index (Phi) is 7.55. The maximum atomic E-state index is 5.19. The maximum Gasteiger partial charge on any atom is 0.164 e. The van der Waals surface area contributed by atoms with Gasteiger partial charge in [0, 0.05) is 78.8 Å². The lowest BCUT2D eigenvalue weighted by molar-refractivity contribution is 1.08. The highest BCUT2D eigenvalue weighted by molar-refractivity contribution is 7.27. The first kappa shape index (κ1) is 33.1. The van der Waals surface area contributed by atoms with Gasteiger partial charge < -0.3 is 0 Å². The molecule has 0 bridgehead atoms. The number of nitrogens with zero attached hydrogens (tertiary/aromatic N) is 4. The third-order valence-corrected chi connectivity index (χ3v) is 13.5. The zero-order valence-electron chi connectivity index (χ0n) is 30.9. The molecule has 12 rings (SSSR count). The van der Waals surface area contributed by atoms with Crippen molar-refractivity contribution in [3.05, 3.63) is 182 Å². The number of fused-ring (bicyclic) bond motifs is 10. The van der Waals surface area contributed by atoms with Crippen molar-refractivity contribution >= 4 is 84.7 Å². The van der Waals surface area contributed by atoms with Gasteiger partial charge in [-0.2, -0.15) is 0 Å². The highest BCUT2D eigenvalue weighted by atomic mass is 32.1. The summed E-state index contributed by atoms with van der Waals surface area (Å²) in [5.74, 6) is 1.97. The molecular formula is C52H30N4S2. The molecule has 0 saturated carbocycles. The molecule has 4 nitrogen and oxygen atoms in total. The van der Waals surface area contributed by atoms with E-state index in [9.17, 15) is 0 Å². The van der Waals surface area contributed by atoms with E-state index in [1.165, 1.54) is 62.1 Å². The van der Waals surface area contributed by atoms with Crippen LogP contribution in [0.4, 0.5) is 0 Å². The van der Waals surface area contributed by atoms with Gasteiger partial charge in [0.2, 0.25) is 0 Å². The third kappa shape index (κ3) is 5.27. The normalized spacial score (nSPS) is 11.8. The van der Waals surface area contributed by atoms with E-state index in [-0.39, 0.29) is 0 Å². The van der Waals surface area contributed by atoms with Gasteiger partial charge in [-0.25, -0.2) is 19.9 Å². The van der Waals surface area contributed by atoms with E-state index < -0.39 is 0 Å². The number of aromatic nitrogens is 4. The van der Waals surface area contributed by atoms with Crippen LogP contribution in [0.3, 0.4) is 0 Å². The summed E-state index contributed by atoms with van der Waals surface area (Å²) in [6, 6.07) is 64.2. The van der Waals surface area contributed by atoms with Gasteiger partial charge >= 0.3 is 0 Å². The molecule has 0 amide bonds. The minimum absolute atomic E-state index is 0.646. The Morgan fingerprint density at radius 2 is 0.845 bits per heavy atom. The van der Waals surface area contributed by atoms with Gasteiger partial charge in [0.1, 0.15) is 0 Å². The number of hydrogen-bond acceptors (Lipinski definition) is 6. The first-order chi connectivity index (χ1) is 28.7. The second kappa shape index (κ2) is 13.2. The molecule has 0 aliphatic heterocycles. The van der Waals surface area contributed by atoms with Crippen LogP contribution in [0.5, 0.6) is 0 Å². The van der Waals surface area contributed by atoms with Gasteiger partial charge in [0.25, 0.3) is 0 Å². The summed E-state index contributed by atoms with van der Waals surface area (Å²) >= 11 is 3.67. The van der Waals surface area contributed by atoms with Gasteiger partial charge in [-0.1, -0.05) is 158 Å². The average molecular weight is 775 g/mol. The lowest BCUT2D eigenvalue weighted by atomic mass is 9.95. The molecule has 8 aromatic carbocycles. The quantitative estimate of drug-likeness (QED) is 0.163. The van der Waals surface area contributed by atoms with Crippen LogP contribution in [0, 0.1) is 0 Å². The van der Waals surface area contributed by atoms with E-state index in [0.717, 1.165) is 39.0 Å². The molecule has 4 heterocycles. The Bertz CT molecular complexity index is 3560. The van der Waals surface area contributed by atoms with E-state index in [1.807, 2.05) is 29.5 Å². The van der Waals surface area contributed by atoms with Crippen molar-refractivity contribution in [3.63, 3.8) is 0 Å². The Morgan fingerprint density at radius 3 is 1.62 bits per heavy atom. The fourth-order valence-corrected chi connectivity index (χ4v) is 10.9. The minimum Gasteiger partial charge on any atom is -0.247 e. The monoisotopic (exact) mass is 774 g/mol. The summed E-state index contributed by atoms with van der Waals surface area (Å²) < 4.78 is 5.01. The molecule has 58 heavy (non-hydrogen) atoms. The van der Waals surface area contributed by atoms with Gasteiger partial charge in [-0.15, -0.1) is 22.7 Å². The standard InChI is InChI=1S/C52H30N4S2/c1-3-13-32(14-4-1)48-38-29-30-39-45-35(19-11-24-44(45)58-49(39)47(38)36-17-7-9-21-41(36)53-48)31-25-27-34(28-26-31)51-54-50(33-15-5-2-6-16-33)55-52(56-51)40-20-12-23-43-46(40)37-18-8-10-22-42(37)57-43/h1-30H. The van der Waals surface area contributed by atoms with Crippen molar-refractivity contribution in [2.75, 3.05) is 0 Å². The smallest absolute Gasteiger partial charge is 0.164 e. The predicted octanol–water partition coefficient (Wildman–Crippen LogP) is 14.6. The molecule has 0 unspecified atom stereocenters. The number of benzene rings is 8. The van der Waals surface area contributed by atoms with Crippen LogP contribution >= 0.6 is 22.7 Å². The SMILES string of the molecule is c1ccc(-c2nc(-c3ccc(-c4cccc5sc6c(ccc7c(-c8ccccc8)nc8ccccc8c76)c45)cc3)nc(-c3cccc4sc5ccccc5c34)n2)cc1. The minimum atomic E-state index is 0.646. The topological polar surface area (TPSA) is 51.6 Å². The molecule has 0 spiro atoms. The molecule has 0 aliphatic rings. The van der Waals surface area contributed by atoms with Crippen LogP contribution in [0.25, 0.3) is 119 Å². The summed E-state index contributed by atoms with van der Waals surface area (Å²) in [5, 5.41) is 8.53. The fourth-order valence-electron chi connectivity index (χ4n) is 8.48. The zero-order valence-corrected chi connectivity index (χ0v) is 32.6. The second-order valence-electron chi connectivity index (χ2n) is 14.5. The van der Waals surface area contributed by atoms with Crippen LogP contribution in [-0.2, 0) is 0 Å². The van der Waals surface area contributed by atoms with Crippen molar-refractivity contribution in [3.8, 4) is 56.5 Å². The summed E-state index contributed by atoms with van der Waals surface area (Å²) in [7, 11) is 0. The van der Waals surface area contributed by atoms with E-state index in [0.29, 0.717) is 17.5 Å². The Hall–Kier alpha value is -7.12. The van der Waals surface area contributed by atoms with Crippen LogP contribution in [-0.4, -0.2) is 19.9 Å². The summed E-state index contributed by atoms with van der Waals surface area (Å²) in [4.78, 5) is 20.5. The van der Waals surface area contributed by atoms with Crippen LogP contribution in [0.2, 0.25) is 0 Å². The zero-order chi connectivity index (χ0) is 38.2. The summed E-state index contributed by atoms with van der Waals surface area (Å²) in [6.07, 6.45) is 0. The number of pyridine rings is 1. The van der Waals surface area contributed by atoms with E-state index in [2.05, 4.69) is 164 Å². The lowest BCUT2D eigenvalue weighted by Gasteiger charge is -2.12. The van der Waals surface area contributed by atoms with Gasteiger partial charge in [-0.3, -0.25) is 0 Å². The Morgan fingerprint density at radius 1 is 0.293 bits per heavy atom. The Balaban J connectivity index is 1.01. The molecule has 0 saturated heterocycles. The van der Waals surface area contributed by atoms with Crippen LogP contribution in [0.1, 0.15) is 0 Å². The van der Waals surface area contributed by atoms with Gasteiger partial charge in [0.15, 0.2) is 17.5 Å². The van der Waals surface area contributed by atoms with Gasteiger partial charge in [0.05, 0.1) is 11.2 Å². The van der Waals surface area contributed by atoms with Crippen molar-refractivity contribution in [1.29, 1.82) is 0 Å². The molecular weight excluding hydrogens is 745 g/mol. The van der Waals surface area contributed by atoms with Crippen molar-refractivity contribution in [1.82, 2.24) is 19.9 Å². The maximum absolute atomic E-state index is 5.19. The van der Waals surface area contributed by atoms with Crippen molar-refractivity contribution < 1.29 is 0 Å². The third-order valence-electron chi connectivity index (χ3n) is 11.1. The molecule has 270 valence electrons. The fraction of sp³-hybridized carbons (Fsp3) is 0. The van der Waals surface area contributed by atoms with Crippen molar-refractivity contribution in [2.45, 2.75) is 0 Å². The first-order valence-corrected chi connectivity index (χ1v) is 20.9. The van der Waals surface area contributed by atoms with Gasteiger partial charge in [-0.05, 0) is 35.4 Å². The second-order valence-corrected chi connectivity index (χ2v) is 16.7. The summed E-state index contributed by atoms with van der Waals surface area (Å²) in [5.41, 5.74) is 8.39. The summed E-state index contributed by atoms with van der Waals surface area (Å²) in [6.45, 7) is 0. The predicted molar refractivity (Wildman–Crippen MR) is 246 cm³/mol. The largest absolute Gasteiger partial charge is 0.247 e. The number of rotatable bonds is 5. The van der Waals surface area contributed by atoms with Crippen LogP contribution in [0.15, 0.2) is 182 Å². The Labute approximate surface area is 341 Å². The average Bonchev–Trinajstić information content (AvgIpc) is 3.88. The van der Waals surface area contributed by atoms with E-state index >= 15 is 0 Å². The molecule has 0 atom stereocenters. The van der Waals surface area contributed by atoms with E-state index in [1.54, 1.807) is 11.3 Å². The molecule has 0 N–H and O–H groups in total. The molecule has 0 aliphatic carbocycles. The highest BCUT2D eigenvalue weighted by Crippen LogP contribution is 2.46. The molecule has 0 radical (unpaired) electrons. The van der Waals surface area contributed by atoms with Crippen molar-refractivity contribution in [2.24, 2.45) is 0 Å². The lowest BCUT2D eigenvalue weighted by Crippen LogP contribution is -2.00. The molecule has 12 aromatic rings. The van der Waals surface area contributed by atoms with E-state index in [4.69, 9.17) is 19.9 Å².